The van der Waals surface area contributed by atoms with Crippen molar-refractivity contribution in [1.29, 1.82) is 0 Å². The van der Waals surface area contributed by atoms with Gasteiger partial charge in [-0.15, -0.1) is 0 Å². The molecule has 0 aliphatic rings. The first-order valence-corrected chi connectivity index (χ1v) is 21.9. The maximum atomic E-state index is 13.3. The fraction of sp³-hybridized carbons (Fsp3) is 0.333. The summed E-state index contributed by atoms with van der Waals surface area (Å²) in [5.74, 6) is -3.75. The van der Waals surface area contributed by atoms with Crippen molar-refractivity contribution in [2.45, 2.75) is 26.7 Å². The zero-order valence-electron chi connectivity index (χ0n) is 41.2. The number of hydrogen-bond acceptors (Lipinski definition) is 15. The number of hydrogen-bond donors (Lipinski definition) is 8. The molecule has 4 aromatic rings. The molecule has 8 amide bonds. The summed E-state index contributed by atoms with van der Waals surface area (Å²) in [6.45, 7) is 1.59. The molecule has 0 saturated heterocycles. The smallest absolute Gasteiger partial charge is 0.269 e. The van der Waals surface area contributed by atoms with Crippen LogP contribution in [0.5, 0.6) is 17.2 Å². The molecule has 0 saturated carbocycles. The Hall–Kier alpha value is -8.12. The Morgan fingerprint density at radius 2 is 0.620 bits per heavy atom. The quantitative estimate of drug-likeness (QED) is 0.0512. The molecule has 0 heterocycles. The van der Waals surface area contributed by atoms with Crippen LogP contribution in [0.15, 0.2) is 78.9 Å². The Kier molecular flexibility index (Phi) is 21.2. The van der Waals surface area contributed by atoms with Crippen molar-refractivity contribution >= 4 is 47.3 Å². The minimum Gasteiger partial charge on any atom is -0.489 e. The largest absolute Gasteiger partial charge is 0.489 e. The minimum atomic E-state index is -0.735. The first kappa shape index (κ1) is 55.5. The third-order valence-electron chi connectivity index (χ3n) is 9.31. The minimum absolute atomic E-state index is 0.00613. The molecule has 380 valence electrons. The summed E-state index contributed by atoms with van der Waals surface area (Å²) >= 11 is 0. The normalized spacial score (nSPS) is 10.8. The van der Waals surface area contributed by atoms with Gasteiger partial charge in [0.1, 0.15) is 37.1 Å². The molecule has 23 nitrogen and oxygen atoms in total. The number of ether oxygens (including phenoxy) is 3. The van der Waals surface area contributed by atoms with Crippen LogP contribution in [0.1, 0.15) is 63.7 Å². The van der Waals surface area contributed by atoms with E-state index in [0.717, 1.165) is 5.56 Å². The highest BCUT2D eigenvalue weighted by Gasteiger charge is 2.19. The van der Waals surface area contributed by atoms with Gasteiger partial charge < -0.3 is 33.8 Å². The molecule has 0 aliphatic carbocycles. The van der Waals surface area contributed by atoms with Gasteiger partial charge in [0.05, 0.1) is 26.2 Å². The van der Waals surface area contributed by atoms with Crippen molar-refractivity contribution in [3.63, 3.8) is 0 Å². The van der Waals surface area contributed by atoms with Gasteiger partial charge in [0.15, 0.2) is 0 Å². The van der Waals surface area contributed by atoms with Crippen molar-refractivity contribution < 1.29 is 52.6 Å². The van der Waals surface area contributed by atoms with Crippen LogP contribution in [0, 0.1) is 6.92 Å². The molecule has 4 aromatic carbocycles. The summed E-state index contributed by atoms with van der Waals surface area (Å²) in [5, 5.41) is 0. The van der Waals surface area contributed by atoms with E-state index in [1.807, 2.05) is 31.2 Å². The molecule has 8 N–H and O–H groups in total. The van der Waals surface area contributed by atoms with Gasteiger partial charge in [0.2, 0.25) is 0 Å². The monoisotopic (exact) mass is 982 g/mol. The molecule has 0 radical (unpaired) electrons. The predicted octanol–water partition coefficient (Wildman–Crippen LogP) is 0.0224. The van der Waals surface area contributed by atoms with Gasteiger partial charge in [-0.3, -0.25) is 81.8 Å². The van der Waals surface area contributed by atoms with Gasteiger partial charge in [-0.25, -0.2) is 0 Å². The van der Waals surface area contributed by atoms with Crippen molar-refractivity contribution in [1.82, 2.24) is 63.0 Å². The van der Waals surface area contributed by atoms with Crippen molar-refractivity contribution in [2.75, 3.05) is 82.6 Å². The van der Waals surface area contributed by atoms with Crippen LogP contribution >= 0.6 is 0 Å². The lowest BCUT2D eigenvalue weighted by molar-refractivity contribution is -0.123. The number of carbonyl (C=O) groups excluding carboxylic acids is 8. The predicted molar refractivity (Wildman–Crippen MR) is 260 cm³/mol. The molecular formula is C48H62N12O11. The highest BCUT2D eigenvalue weighted by molar-refractivity contribution is 6.02. The molecule has 0 aromatic heterocycles. The van der Waals surface area contributed by atoms with E-state index in [-0.39, 0.29) is 79.8 Å². The lowest BCUT2D eigenvalue weighted by Gasteiger charge is -2.16. The van der Waals surface area contributed by atoms with Gasteiger partial charge in [0, 0.05) is 28.3 Å². The number of carbonyl (C=O) groups is 8. The Balaban J connectivity index is 1.66. The van der Waals surface area contributed by atoms with Crippen molar-refractivity contribution in [3.05, 3.63) is 123 Å². The maximum absolute atomic E-state index is 13.3. The molecule has 0 unspecified atom stereocenters. The van der Waals surface area contributed by atoms with E-state index in [9.17, 15) is 38.4 Å². The average molecular weight is 983 g/mol. The third kappa shape index (κ3) is 20.2. The van der Waals surface area contributed by atoms with E-state index in [1.54, 1.807) is 94.2 Å². The maximum Gasteiger partial charge on any atom is 0.269 e. The van der Waals surface area contributed by atoms with E-state index in [1.165, 1.54) is 36.4 Å². The van der Waals surface area contributed by atoms with Crippen LogP contribution in [0.25, 0.3) is 0 Å². The van der Waals surface area contributed by atoms with Crippen LogP contribution in [-0.4, -0.2) is 149 Å². The molecule has 23 heteroatoms. The van der Waals surface area contributed by atoms with Gasteiger partial charge in [-0.05, 0) is 141 Å². The zero-order chi connectivity index (χ0) is 52.2. The standard InChI is InChI=1S/C48H62N12O11/c1-30-10-12-38(13-11-30)69-29-33-18-39(70-27-31-14-34(45(65)53-49-41(61)23-57(2)3)20-35(15-31)46(66)54-50-42(62)24-58(4)5)22-40(19-33)71-28-32-16-36(47(67)55-51-43(63)25-59(6)7)21-37(17-32)48(68)56-52-44(64)26-60(8)9/h10-22H,23-29H2,1-9H3,(H,49,61)(H,50,62)(H,51,63)(H,52,64)(H,53,65)(H,54,66)(H,55,67)(H,56,68). The highest BCUT2D eigenvalue weighted by atomic mass is 16.5. The second-order valence-electron chi connectivity index (χ2n) is 17.3. The summed E-state index contributed by atoms with van der Waals surface area (Å²) in [4.78, 5) is 109. The Bertz CT molecular complexity index is 2290. The summed E-state index contributed by atoms with van der Waals surface area (Å²) in [6, 6.07) is 20.9. The molecule has 0 aliphatic heterocycles. The van der Waals surface area contributed by atoms with Crippen LogP contribution in [0.2, 0.25) is 0 Å². The molecule has 0 spiro atoms. The molecular weight excluding hydrogens is 921 g/mol. The SMILES string of the molecule is Cc1ccc(OCc2cc(OCc3cc(C(=O)NNC(=O)CN(C)C)cc(C(=O)NNC(=O)CN(C)C)c3)cc(OCc3cc(C(=O)NNC(=O)CN(C)C)cc(C(=O)NNC(=O)CN(C)C)c3)c2)cc1. The number of amides is 8. The fourth-order valence-corrected chi connectivity index (χ4v) is 6.19. The van der Waals surface area contributed by atoms with Crippen molar-refractivity contribution in [2.24, 2.45) is 0 Å². The van der Waals surface area contributed by atoms with E-state index in [0.29, 0.717) is 22.4 Å². The van der Waals surface area contributed by atoms with Gasteiger partial charge in [0.25, 0.3) is 47.3 Å². The van der Waals surface area contributed by atoms with E-state index >= 15 is 0 Å². The molecule has 71 heavy (non-hydrogen) atoms. The Morgan fingerprint density at radius 1 is 0.352 bits per heavy atom. The van der Waals surface area contributed by atoms with Crippen LogP contribution < -0.4 is 57.6 Å². The van der Waals surface area contributed by atoms with E-state index in [4.69, 9.17) is 14.2 Å². The number of benzene rings is 4. The number of nitrogens with zero attached hydrogens (tertiary/aromatic N) is 4. The zero-order valence-corrected chi connectivity index (χ0v) is 41.2. The summed E-state index contributed by atoms with van der Waals surface area (Å²) < 4.78 is 18.6. The summed E-state index contributed by atoms with van der Waals surface area (Å²) in [7, 11) is 13.5. The Morgan fingerprint density at radius 3 is 0.901 bits per heavy atom. The van der Waals surface area contributed by atoms with E-state index < -0.39 is 47.3 Å². The number of hydrazine groups is 4. The number of likely N-dealkylation sites (N-methyl/N-ethyl adjacent to an activating group) is 4. The lowest BCUT2D eigenvalue weighted by atomic mass is 10.0. The average Bonchev–Trinajstić information content (AvgIpc) is 3.30. The van der Waals surface area contributed by atoms with Gasteiger partial charge in [-0.1, -0.05) is 17.7 Å². The highest BCUT2D eigenvalue weighted by Crippen LogP contribution is 2.27. The van der Waals surface area contributed by atoms with Crippen LogP contribution in [-0.2, 0) is 39.0 Å². The number of rotatable bonds is 21. The number of nitrogens with one attached hydrogen (secondary N) is 8. The van der Waals surface area contributed by atoms with E-state index in [2.05, 4.69) is 43.4 Å². The van der Waals surface area contributed by atoms with Gasteiger partial charge >= 0.3 is 0 Å². The summed E-state index contributed by atoms with van der Waals surface area (Å²) in [5.41, 5.74) is 21.0. The molecule has 0 atom stereocenters. The molecule has 0 fully saturated rings. The lowest BCUT2D eigenvalue weighted by Crippen LogP contribution is -2.46. The second kappa shape index (κ2) is 27.2. The van der Waals surface area contributed by atoms with Crippen LogP contribution in [0.3, 0.4) is 0 Å². The van der Waals surface area contributed by atoms with Gasteiger partial charge in [-0.2, -0.15) is 0 Å². The molecule has 0 bridgehead atoms. The van der Waals surface area contributed by atoms with Crippen LogP contribution in [0.4, 0.5) is 0 Å². The first-order chi connectivity index (χ1) is 33.6. The Labute approximate surface area is 411 Å². The first-order valence-electron chi connectivity index (χ1n) is 21.9. The number of aryl methyl sites for hydroxylation is 1. The summed E-state index contributed by atoms with van der Waals surface area (Å²) in [6.07, 6.45) is 0. The van der Waals surface area contributed by atoms with Crippen molar-refractivity contribution in [3.8, 4) is 17.2 Å². The second-order valence-corrected chi connectivity index (χ2v) is 17.3. The molecule has 4 rings (SSSR count). The topological polar surface area (TPSA) is 273 Å². The fourth-order valence-electron chi connectivity index (χ4n) is 6.19. The third-order valence-corrected chi connectivity index (χ3v) is 9.31.